The molecular weight excluding hydrogens is 218 g/mol. The van der Waals surface area contributed by atoms with E-state index in [4.69, 9.17) is 0 Å². The molecule has 17 heavy (non-hydrogen) atoms. The molecule has 0 heterocycles. The minimum atomic E-state index is -0.361. The van der Waals surface area contributed by atoms with E-state index in [9.17, 15) is 9.59 Å². The molecule has 0 fully saturated rings. The highest BCUT2D eigenvalue weighted by Gasteiger charge is 1.96. The molecule has 4 nitrogen and oxygen atoms in total. The quantitative estimate of drug-likeness (QED) is 0.612. The second-order valence-corrected chi connectivity index (χ2v) is 2.80. The van der Waals surface area contributed by atoms with Crippen molar-refractivity contribution in [2.45, 2.75) is 40.7 Å². The topological polar surface area (TPSA) is 55.4 Å². The Hall–Kier alpha value is -1.58. The molecule has 0 aromatic carbocycles. The van der Waals surface area contributed by atoms with Crippen LogP contribution in [0.4, 0.5) is 0 Å². The summed E-state index contributed by atoms with van der Waals surface area (Å²) in [6.45, 7) is 12.6. The summed E-state index contributed by atoms with van der Waals surface area (Å²) >= 11 is 0. The zero-order valence-corrected chi connectivity index (χ0v) is 11.7. The standard InChI is InChI=1S/C6H10O2.C5H9NO.C2H6/c1-4-6(7)8-5(2)3;1-3-4-5(7)6-2;1-2/h4-5H,1H2,2-3H3;3-4H,1-2H3,(H,6,7);1-2H3/b;4-3+;. The van der Waals surface area contributed by atoms with Gasteiger partial charge in [0.1, 0.15) is 0 Å². The van der Waals surface area contributed by atoms with Crippen molar-refractivity contribution in [3.63, 3.8) is 0 Å². The van der Waals surface area contributed by atoms with Crippen LogP contribution in [0.1, 0.15) is 34.6 Å². The number of allylic oxidation sites excluding steroid dienone is 1. The molecule has 0 aliphatic heterocycles. The zero-order chi connectivity index (χ0) is 14.3. The van der Waals surface area contributed by atoms with Crippen molar-refractivity contribution in [3.05, 3.63) is 24.8 Å². The van der Waals surface area contributed by atoms with Crippen molar-refractivity contribution in [2.75, 3.05) is 7.05 Å². The fraction of sp³-hybridized carbons (Fsp3) is 0.538. The molecule has 0 unspecified atom stereocenters. The van der Waals surface area contributed by atoms with Crippen LogP contribution < -0.4 is 5.32 Å². The van der Waals surface area contributed by atoms with Crippen LogP contribution in [0.5, 0.6) is 0 Å². The molecular formula is C13H25NO3. The van der Waals surface area contributed by atoms with Gasteiger partial charge in [-0.15, -0.1) is 0 Å². The molecule has 1 amide bonds. The molecule has 1 N–H and O–H groups in total. The second-order valence-electron chi connectivity index (χ2n) is 2.80. The highest BCUT2D eigenvalue weighted by atomic mass is 16.5. The van der Waals surface area contributed by atoms with E-state index in [1.165, 1.54) is 6.08 Å². The van der Waals surface area contributed by atoms with Gasteiger partial charge in [0, 0.05) is 13.1 Å². The first-order chi connectivity index (χ1) is 7.97. The Labute approximate surface area is 105 Å². The average molecular weight is 243 g/mol. The number of rotatable bonds is 3. The molecule has 0 bridgehead atoms. The van der Waals surface area contributed by atoms with Crippen molar-refractivity contribution >= 4 is 11.9 Å². The number of nitrogens with one attached hydrogen (secondary N) is 1. The summed E-state index contributed by atoms with van der Waals surface area (Å²) in [6.07, 6.45) is 4.28. The predicted octanol–water partition coefficient (Wildman–Crippen LogP) is 2.46. The molecule has 0 aromatic heterocycles. The SMILES string of the molecule is C/C=C/C(=O)NC.C=CC(=O)OC(C)C.CC. The monoisotopic (exact) mass is 243 g/mol. The zero-order valence-electron chi connectivity index (χ0n) is 11.7. The maximum absolute atomic E-state index is 10.3. The third kappa shape index (κ3) is 25.1. The fourth-order valence-corrected chi connectivity index (χ4v) is 0.515. The van der Waals surface area contributed by atoms with Crippen molar-refractivity contribution < 1.29 is 14.3 Å². The smallest absolute Gasteiger partial charge is 0.330 e. The summed E-state index contributed by atoms with van der Waals surface area (Å²) in [5, 5.41) is 2.44. The highest BCUT2D eigenvalue weighted by Crippen LogP contribution is 1.87. The van der Waals surface area contributed by atoms with Crippen molar-refractivity contribution in [1.29, 1.82) is 0 Å². The van der Waals surface area contributed by atoms with Crippen molar-refractivity contribution in [2.24, 2.45) is 0 Å². The molecule has 0 saturated carbocycles. The Morgan fingerprint density at radius 1 is 1.29 bits per heavy atom. The minimum absolute atomic E-state index is 0.0412. The lowest BCUT2D eigenvalue weighted by molar-refractivity contribution is -0.141. The number of hydrogen-bond donors (Lipinski definition) is 1. The molecule has 0 rings (SSSR count). The molecule has 0 spiro atoms. The first-order valence-corrected chi connectivity index (χ1v) is 5.65. The second kappa shape index (κ2) is 16.8. The van der Waals surface area contributed by atoms with E-state index in [-0.39, 0.29) is 18.0 Å². The van der Waals surface area contributed by atoms with Gasteiger partial charge in [0.15, 0.2) is 0 Å². The Balaban J connectivity index is -0.000000202. The van der Waals surface area contributed by atoms with Gasteiger partial charge < -0.3 is 10.1 Å². The van der Waals surface area contributed by atoms with Crippen LogP contribution in [0.3, 0.4) is 0 Å². The molecule has 0 atom stereocenters. The summed E-state index contributed by atoms with van der Waals surface area (Å²) in [5.41, 5.74) is 0. The van der Waals surface area contributed by atoms with Gasteiger partial charge in [0.2, 0.25) is 5.91 Å². The fourth-order valence-electron chi connectivity index (χ4n) is 0.515. The van der Waals surface area contributed by atoms with Crippen LogP contribution in [0, 0.1) is 0 Å². The number of esters is 1. The predicted molar refractivity (Wildman–Crippen MR) is 71.7 cm³/mol. The van der Waals surface area contributed by atoms with Gasteiger partial charge in [0.25, 0.3) is 0 Å². The minimum Gasteiger partial charge on any atom is -0.460 e. The van der Waals surface area contributed by atoms with Crippen molar-refractivity contribution in [3.8, 4) is 0 Å². The largest absolute Gasteiger partial charge is 0.460 e. The maximum Gasteiger partial charge on any atom is 0.330 e. The van der Waals surface area contributed by atoms with E-state index >= 15 is 0 Å². The summed E-state index contributed by atoms with van der Waals surface area (Å²) in [4.78, 5) is 20.5. The van der Waals surface area contributed by atoms with E-state index in [1.54, 1.807) is 33.9 Å². The van der Waals surface area contributed by atoms with Gasteiger partial charge >= 0.3 is 5.97 Å². The van der Waals surface area contributed by atoms with Gasteiger partial charge in [-0.3, -0.25) is 4.79 Å². The number of carbonyl (C=O) groups is 2. The van der Waals surface area contributed by atoms with Crippen LogP contribution in [-0.4, -0.2) is 25.0 Å². The number of likely N-dealkylation sites (N-methyl/N-ethyl adjacent to an activating group) is 1. The molecule has 0 aliphatic rings. The highest BCUT2D eigenvalue weighted by molar-refractivity contribution is 5.86. The van der Waals surface area contributed by atoms with E-state index in [1.807, 2.05) is 13.8 Å². The third-order valence-corrected chi connectivity index (χ3v) is 1.08. The normalized spacial score (nSPS) is 8.41. The summed E-state index contributed by atoms with van der Waals surface area (Å²) in [7, 11) is 1.60. The van der Waals surface area contributed by atoms with Crippen LogP contribution in [-0.2, 0) is 14.3 Å². The van der Waals surface area contributed by atoms with Crippen LogP contribution in [0.25, 0.3) is 0 Å². The Bertz CT molecular complexity index is 233. The Morgan fingerprint density at radius 3 is 1.88 bits per heavy atom. The van der Waals surface area contributed by atoms with Gasteiger partial charge in [-0.1, -0.05) is 26.5 Å². The Kier molecular flexibility index (Phi) is 20.6. The molecule has 0 aromatic rings. The number of hydrogen-bond acceptors (Lipinski definition) is 3. The molecule has 0 aliphatic carbocycles. The molecule has 4 heteroatoms. The van der Waals surface area contributed by atoms with Gasteiger partial charge in [0.05, 0.1) is 6.10 Å². The van der Waals surface area contributed by atoms with Crippen LogP contribution in [0.2, 0.25) is 0 Å². The first kappa shape index (κ1) is 20.8. The number of amides is 1. The maximum atomic E-state index is 10.3. The Morgan fingerprint density at radius 2 is 1.76 bits per heavy atom. The molecule has 0 saturated heterocycles. The third-order valence-electron chi connectivity index (χ3n) is 1.08. The molecule has 100 valence electrons. The first-order valence-electron chi connectivity index (χ1n) is 5.65. The van der Waals surface area contributed by atoms with E-state index in [0.717, 1.165) is 6.08 Å². The van der Waals surface area contributed by atoms with Gasteiger partial charge in [-0.25, -0.2) is 4.79 Å². The van der Waals surface area contributed by atoms with E-state index in [0.29, 0.717) is 0 Å². The summed E-state index contributed by atoms with van der Waals surface area (Å²) < 4.78 is 4.64. The average Bonchev–Trinajstić information content (AvgIpc) is 2.31. The summed E-state index contributed by atoms with van der Waals surface area (Å²) in [6, 6.07) is 0. The van der Waals surface area contributed by atoms with Crippen LogP contribution >= 0.6 is 0 Å². The lowest BCUT2D eigenvalue weighted by atomic mass is 10.5. The van der Waals surface area contributed by atoms with E-state index in [2.05, 4.69) is 16.6 Å². The lowest BCUT2D eigenvalue weighted by Crippen LogP contribution is -2.13. The van der Waals surface area contributed by atoms with Gasteiger partial charge in [-0.05, 0) is 26.8 Å². The number of carbonyl (C=O) groups excluding carboxylic acids is 2. The van der Waals surface area contributed by atoms with E-state index < -0.39 is 0 Å². The van der Waals surface area contributed by atoms with Crippen LogP contribution in [0.15, 0.2) is 24.8 Å². The summed E-state index contributed by atoms with van der Waals surface area (Å²) in [5.74, 6) is -0.414. The van der Waals surface area contributed by atoms with Crippen molar-refractivity contribution in [1.82, 2.24) is 5.32 Å². The van der Waals surface area contributed by atoms with Gasteiger partial charge in [-0.2, -0.15) is 0 Å². The number of ether oxygens (including phenoxy) is 1. The molecule has 0 radical (unpaired) electrons. The lowest BCUT2D eigenvalue weighted by Gasteiger charge is -2.02.